The van der Waals surface area contributed by atoms with Crippen LogP contribution in [0.2, 0.25) is 0 Å². The van der Waals surface area contributed by atoms with Crippen molar-refractivity contribution in [1.29, 1.82) is 0 Å². The summed E-state index contributed by atoms with van der Waals surface area (Å²) in [6.45, 7) is 6.07. The smallest absolute Gasteiger partial charge is 0.416 e. The lowest BCUT2D eigenvalue weighted by Crippen LogP contribution is -2.35. The molecule has 0 atom stereocenters. The third-order valence-electron chi connectivity index (χ3n) is 6.10. The van der Waals surface area contributed by atoms with E-state index in [9.17, 15) is 13.2 Å². The number of furan rings is 1. The normalized spacial score (nSPS) is 14.8. The summed E-state index contributed by atoms with van der Waals surface area (Å²) in [4.78, 5) is 11.3. The van der Waals surface area contributed by atoms with E-state index in [0.29, 0.717) is 29.5 Å². The molecule has 0 bridgehead atoms. The molecule has 38 heavy (non-hydrogen) atoms. The lowest BCUT2D eigenvalue weighted by atomic mass is 10.2. The number of hydrogen-bond acceptors (Lipinski definition) is 8. The van der Waals surface area contributed by atoms with Gasteiger partial charge in [-0.2, -0.15) is 34.4 Å². The number of rotatable bonds is 10. The largest absolute Gasteiger partial charge is 0.464 e. The number of anilines is 2. The number of nitrogens with zero attached hydrogens (tertiary/aromatic N) is 5. The first-order valence-corrected chi connectivity index (χ1v) is 13.6. The highest BCUT2D eigenvalue weighted by Crippen LogP contribution is 2.30. The summed E-state index contributed by atoms with van der Waals surface area (Å²) in [7, 11) is 0. The van der Waals surface area contributed by atoms with Crippen LogP contribution >= 0.6 is 11.8 Å². The van der Waals surface area contributed by atoms with Crippen LogP contribution in [0.1, 0.15) is 35.0 Å². The molecule has 8 nitrogen and oxygen atoms in total. The number of benzene rings is 1. The zero-order valence-electron chi connectivity index (χ0n) is 21.0. The molecule has 4 aromatic rings. The van der Waals surface area contributed by atoms with Crippen LogP contribution in [0.15, 0.2) is 46.9 Å². The molecule has 12 heteroatoms. The highest BCUT2D eigenvalue weighted by Gasteiger charge is 2.30. The SMILES string of the molecule is Cc1cc(Nc2ccc(C(F)(F)F)cc2)n2nc(CCCSCc3ccc(CN4CCOCC4)o3)nc2n1. The standard InChI is InChI=1S/C26H29F3N6O2S/c1-18-15-24(31-20-6-4-19(5-7-20)26(27,28)29)35-25(30-18)32-23(33-35)3-2-14-38-17-22-9-8-21(37-22)16-34-10-12-36-13-11-34/h4-9,15,31H,2-3,10-14,16-17H2,1H3. The van der Waals surface area contributed by atoms with Crippen LogP contribution in [0.25, 0.3) is 5.78 Å². The van der Waals surface area contributed by atoms with Crippen LogP contribution < -0.4 is 5.32 Å². The van der Waals surface area contributed by atoms with Gasteiger partial charge in [-0.15, -0.1) is 5.10 Å². The van der Waals surface area contributed by atoms with Gasteiger partial charge >= 0.3 is 6.18 Å². The van der Waals surface area contributed by atoms with Crippen LogP contribution in [-0.2, 0) is 29.6 Å². The fourth-order valence-corrected chi connectivity index (χ4v) is 5.03. The predicted molar refractivity (Wildman–Crippen MR) is 140 cm³/mol. The molecule has 3 aromatic heterocycles. The second-order valence-electron chi connectivity index (χ2n) is 9.14. The Hall–Kier alpha value is -3.09. The molecule has 1 aliphatic rings. The van der Waals surface area contributed by atoms with Crippen LogP contribution in [0.4, 0.5) is 24.7 Å². The van der Waals surface area contributed by atoms with Crippen molar-refractivity contribution >= 4 is 29.0 Å². The summed E-state index contributed by atoms with van der Waals surface area (Å²) in [5, 5.41) is 7.71. The van der Waals surface area contributed by atoms with Crippen molar-refractivity contribution in [1.82, 2.24) is 24.5 Å². The van der Waals surface area contributed by atoms with Gasteiger partial charge in [-0.1, -0.05) is 0 Å². The molecule has 1 saturated heterocycles. The van der Waals surface area contributed by atoms with Crippen molar-refractivity contribution < 1.29 is 22.3 Å². The molecular formula is C26H29F3N6O2S. The Kier molecular flexibility index (Phi) is 8.20. The second kappa shape index (κ2) is 11.7. The van der Waals surface area contributed by atoms with Gasteiger partial charge in [0.15, 0.2) is 5.82 Å². The Balaban J connectivity index is 1.13. The van der Waals surface area contributed by atoms with E-state index in [4.69, 9.17) is 9.15 Å². The predicted octanol–water partition coefficient (Wildman–Crippen LogP) is 5.49. The zero-order chi connectivity index (χ0) is 26.5. The molecule has 0 aliphatic carbocycles. The van der Waals surface area contributed by atoms with Gasteiger partial charge in [0.05, 0.1) is 31.1 Å². The fraction of sp³-hybridized carbons (Fsp3) is 0.423. The molecule has 0 amide bonds. The van der Waals surface area contributed by atoms with Crippen molar-refractivity contribution in [2.75, 3.05) is 37.4 Å². The second-order valence-corrected chi connectivity index (χ2v) is 10.2. The number of aromatic nitrogens is 4. The molecule has 0 spiro atoms. The Bertz CT molecular complexity index is 1350. The van der Waals surface area contributed by atoms with Gasteiger partial charge in [-0.3, -0.25) is 4.90 Å². The maximum absolute atomic E-state index is 12.9. The average Bonchev–Trinajstić information content (AvgIpc) is 3.51. The quantitative estimate of drug-likeness (QED) is 0.262. The molecule has 0 saturated carbocycles. The fourth-order valence-electron chi connectivity index (χ4n) is 4.18. The van der Waals surface area contributed by atoms with Crippen molar-refractivity contribution in [2.45, 2.75) is 38.2 Å². The minimum absolute atomic E-state index is 0.449. The summed E-state index contributed by atoms with van der Waals surface area (Å²) in [6, 6.07) is 10.8. The number of ether oxygens (including phenoxy) is 1. The van der Waals surface area contributed by atoms with Crippen molar-refractivity contribution in [3.63, 3.8) is 0 Å². The molecule has 0 unspecified atom stereocenters. The van der Waals surface area contributed by atoms with Crippen molar-refractivity contribution in [3.8, 4) is 0 Å². The van der Waals surface area contributed by atoms with Gasteiger partial charge in [0.25, 0.3) is 5.78 Å². The van der Waals surface area contributed by atoms with E-state index in [-0.39, 0.29) is 0 Å². The molecule has 202 valence electrons. The molecule has 1 aromatic carbocycles. The molecule has 5 rings (SSSR count). The third kappa shape index (κ3) is 6.86. The monoisotopic (exact) mass is 546 g/mol. The minimum Gasteiger partial charge on any atom is -0.464 e. The van der Waals surface area contributed by atoms with Gasteiger partial charge in [-0.05, 0) is 55.5 Å². The first kappa shape index (κ1) is 26.5. The number of nitrogens with one attached hydrogen (secondary N) is 1. The van der Waals surface area contributed by atoms with Gasteiger partial charge in [0, 0.05) is 37.0 Å². The number of fused-ring (bicyclic) bond motifs is 1. The number of halogens is 3. The van der Waals surface area contributed by atoms with E-state index in [0.717, 1.165) is 80.1 Å². The topological polar surface area (TPSA) is 80.7 Å². The van der Waals surface area contributed by atoms with Gasteiger partial charge in [-0.25, -0.2) is 4.98 Å². The van der Waals surface area contributed by atoms with E-state index < -0.39 is 11.7 Å². The highest BCUT2D eigenvalue weighted by molar-refractivity contribution is 7.98. The van der Waals surface area contributed by atoms with E-state index in [2.05, 4.69) is 31.3 Å². The van der Waals surface area contributed by atoms with Gasteiger partial charge < -0.3 is 14.5 Å². The van der Waals surface area contributed by atoms with Crippen LogP contribution in [0, 0.1) is 6.92 Å². The van der Waals surface area contributed by atoms with Gasteiger partial charge in [0.1, 0.15) is 17.3 Å². The summed E-state index contributed by atoms with van der Waals surface area (Å²) in [5.41, 5.74) is 0.553. The number of alkyl halides is 3. The Morgan fingerprint density at radius 2 is 1.79 bits per heavy atom. The molecule has 1 N–H and O–H groups in total. The first-order valence-electron chi connectivity index (χ1n) is 12.5. The van der Waals surface area contributed by atoms with Crippen LogP contribution in [0.3, 0.4) is 0 Å². The maximum Gasteiger partial charge on any atom is 0.416 e. The lowest BCUT2D eigenvalue weighted by Gasteiger charge is -2.25. The van der Waals surface area contributed by atoms with Gasteiger partial charge in [0.2, 0.25) is 0 Å². The van der Waals surface area contributed by atoms with E-state index in [1.54, 1.807) is 22.3 Å². The van der Waals surface area contributed by atoms with Crippen LogP contribution in [0.5, 0.6) is 0 Å². The average molecular weight is 547 g/mol. The van der Waals surface area contributed by atoms with Crippen molar-refractivity contribution in [2.24, 2.45) is 0 Å². The molecule has 1 aliphatic heterocycles. The summed E-state index contributed by atoms with van der Waals surface area (Å²) < 4.78 is 51.6. The molecule has 4 heterocycles. The zero-order valence-corrected chi connectivity index (χ0v) is 21.8. The number of hydrogen-bond donors (Lipinski definition) is 1. The molecular weight excluding hydrogens is 517 g/mol. The Labute approximate surface area is 222 Å². The first-order chi connectivity index (χ1) is 18.3. The van der Waals surface area contributed by atoms with Crippen LogP contribution in [-0.4, -0.2) is 56.5 Å². The summed E-state index contributed by atoms with van der Waals surface area (Å²) >= 11 is 1.80. The van der Waals surface area contributed by atoms with E-state index >= 15 is 0 Å². The Morgan fingerprint density at radius 3 is 2.55 bits per heavy atom. The third-order valence-corrected chi connectivity index (χ3v) is 7.17. The molecule has 0 radical (unpaired) electrons. The molecule has 1 fully saturated rings. The van der Waals surface area contributed by atoms with Crippen molar-refractivity contribution in [3.05, 3.63) is 71.1 Å². The highest BCUT2D eigenvalue weighted by atomic mass is 32.2. The summed E-state index contributed by atoms with van der Waals surface area (Å²) in [6.07, 6.45) is -2.79. The number of aryl methyl sites for hydroxylation is 2. The number of morpholine rings is 1. The Morgan fingerprint density at radius 1 is 1.03 bits per heavy atom. The van der Waals surface area contributed by atoms with E-state index in [1.165, 1.54) is 12.1 Å². The maximum atomic E-state index is 12.9. The lowest BCUT2D eigenvalue weighted by molar-refractivity contribution is -0.137. The number of thioether (sulfide) groups is 1. The minimum atomic E-state index is -4.37. The van der Waals surface area contributed by atoms with E-state index in [1.807, 2.05) is 13.0 Å². The summed E-state index contributed by atoms with van der Waals surface area (Å²) in [5.74, 6) is 5.41.